The average Bonchev–Trinajstić information content (AvgIpc) is 2.98. The van der Waals surface area contributed by atoms with Gasteiger partial charge in [-0.2, -0.15) is 0 Å². The minimum atomic E-state index is -1.48. The van der Waals surface area contributed by atoms with Crippen molar-refractivity contribution in [1.82, 2.24) is 10.2 Å². The van der Waals surface area contributed by atoms with Gasteiger partial charge in [-0.05, 0) is 30.7 Å². The van der Waals surface area contributed by atoms with Crippen LogP contribution in [-0.4, -0.2) is 48.4 Å². The summed E-state index contributed by atoms with van der Waals surface area (Å²) in [6, 6.07) is 7.35. The summed E-state index contributed by atoms with van der Waals surface area (Å²) in [6.07, 6.45) is 0. The first-order chi connectivity index (χ1) is 15.1. The molecule has 0 radical (unpaired) electrons. The molecule has 0 spiro atoms. The predicted octanol–water partition coefficient (Wildman–Crippen LogP) is 2.67. The quantitative estimate of drug-likeness (QED) is 0.366. The number of carbonyl (C=O) groups excluding carboxylic acids is 3. The van der Waals surface area contributed by atoms with E-state index in [2.05, 4.69) is 10.6 Å². The molecule has 2 aromatic rings. The van der Waals surface area contributed by atoms with E-state index >= 15 is 0 Å². The van der Waals surface area contributed by atoms with Crippen LogP contribution in [-0.2, 0) is 15.1 Å². The molecule has 1 fully saturated rings. The molecule has 11 nitrogen and oxygen atoms in total. The van der Waals surface area contributed by atoms with Gasteiger partial charge in [0.15, 0.2) is 0 Å². The van der Waals surface area contributed by atoms with E-state index < -0.39 is 34.9 Å². The van der Waals surface area contributed by atoms with E-state index in [0.717, 1.165) is 4.90 Å². The molecule has 1 aliphatic heterocycles. The SMILES string of the molecule is COc1cc(OC)c(NC(=O)CN2C(=O)NC(C)(c3ccc([N+](=O)[O-])cc3)C2=O)cc1Cl. The summed E-state index contributed by atoms with van der Waals surface area (Å²) in [7, 11) is 2.82. The maximum absolute atomic E-state index is 13.0. The second-order valence-electron chi connectivity index (χ2n) is 6.99. The summed E-state index contributed by atoms with van der Waals surface area (Å²) in [5.41, 5.74) is -1.06. The van der Waals surface area contributed by atoms with Crippen LogP contribution in [0.5, 0.6) is 11.5 Å². The summed E-state index contributed by atoms with van der Waals surface area (Å²) >= 11 is 6.09. The molecule has 2 aromatic carbocycles. The fourth-order valence-electron chi connectivity index (χ4n) is 3.24. The van der Waals surface area contributed by atoms with E-state index in [1.54, 1.807) is 0 Å². The van der Waals surface area contributed by atoms with Crippen molar-refractivity contribution in [1.29, 1.82) is 0 Å². The van der Waals surface area contributed by atoms with Crippen LogP contribution < -0.4 is 20.1 Å². The van der Waals surface area contributed by atoms with E-state index in [1.165, 1.54) is 57.5 Å². The van der Waals surface area contributed by atoms with Crippen LogP contribution in [0.25, 0.3) is 0 Å². The molecule has 0 bridgehead atoms. The molecule has 0 aromatic heterocycles. The smallest absolute Gasteiger partial charge is 0.325 e. The number of imide groups is 1. The molecule has 2 N–H and O–H groups in total. The molecule has 12 heteroatoms. The minimum absolute atomic E-state index is 0.155. The monoisotopic (exact) mass is 462 g/mol. The Labute approximate surface area is 187 Å². The zero-order chi connectivity index (χ0) is 23.6. The van der Waals surface area contributed by atoms with Crippen molar-refractivity contribution in [2.45, 2.75) is 12.5 Å². The number of benzene rings is 2. The Bertz CT molecular complexity index is 1110. The van der Waals surface area contributed by atoms with Crippen LogP contribution in [0.3, 0.4) is 0 Å². The number of nitrogens with zero attached hydrogens (tertiary/aromatic N) is 2. The standard InChI is InChI=1S/C20H19ClN4O7/c1-20(11-4-6-12(7-5-11)25(29)30)18(27)24(19(28)23-20)10-17(26)22-14-8-13(21)15(31-2)9-16(14)32-3/h4-9H,10H2,1-3H3,(H,22,26)(H,23,28). The van der Waals surface area contributed by atoms with Gasteiger partial charge in [0.05, 0.1) is 29.9 Å². The molecule has 32 heavy (non-hydrogen) atoms. The van der Waals surface area contributed by atoms with Crippen molar-refractivity contribution in [2.75, 3.05) is 26.1 Å². The number of urea groups is 1. The van der Waals surface area contributed by atoms with Crippen molar-refractivity contribution in [2.24, 2.45) is 0 Å². The number of carbonyl (C=O) groups is 3. The number of halogens is 1. The van der Waals surface area contributed by atoms with Crippen LogP contribution in [0.2, 0.25) is 5.02 Å². The van der Waals surface area contributed by atoms with Crippen molar-refractivity contribution in [3.8, 4) is 11.5 Å². The number of anilines is 1. The van der Waals surface area contributed by atoms with Crippen LogP contribution in [0.15, 0.2) is 36.4 Å². The third-order valence-corrected chi connectivity index (χ3v) is 5.28. The topological polar surface area (TPSA) is 140 Å². The van der Waals surface area contributed by atoms with Crippen LogP contribution >= 0.6 is 11.6 Å². The zero-order valence-electron chi connectivity index (χ0n) is 17.3. The fraction of sp³-hybridized carbons (Fsp3) is 0.250. The second kappa shape index (κ2) is 8.71. The third kappa shape index (κ3) is 4.14. The normalized spacial score (nSPS) is 17.7. The Hall–Kier alpha value is -3.86. The Morgan fingerprint density at radius 3 is 2.38 bits per heavy atom. The molecule has 0 aliphatic carbocycles. The number of nitro groups is 1. The number of amides is 4. The van der Waals surface area contributed by atoms with Gasteiger partial charge in [-0.1, -0.05) is 11.6 Å². The molecule has 3 rings (SSSR count). The molecular weight excluding hydrogens is 444 g/mol. The first-order valence-corrected chi connectivity index (χ1v) is 9.59. The molecule has 1 heterocycles. The predicted molar refractivity (Wildman–Crippen MR) is 114 cm³/mol. The highest BCUT2D eigenvalue weighted by molar-refractivity contribution is 6.32. The minimum Gasteiger partial charge on any atom is -0.495 e. The molecule has 168 valence electrons. The van der Waals surface area contributed by atoms with Crippen molar-refractivity contribution < 1.29 is 28.8 Å². The second-order valence-corrected chi connectivity index (χ2v) is 7.39. The molecule has 1 unspecified atom stereocenters. The lowest BCUT2D eigenvalue weighted by atomic mass is 9.92. The van der Waals surface area contributed by atoms with Crippen LogP contribution in [0, 0.1) is 10.1 Å². The van der Waals surface area contributed by atoms with Gasteiger partial charge in [0.1, 0.15) is 23.6 Å². The lowest BCUT2D eigenvalue weighted by Crippen LogP contribution is -2.42. The molecule has 0 saturated carbocycles. The number of hydrogen-bond acceptors (Lipinski definition) is 7. The van der Waals surface area contributed by atoms with E-state index in [-0.39, 0.29) is 22.1 Å². The van der Waals surface area contributed by atoms with Crippen LogP contribution in [0.4, 0.5) is 16.2 Å². The first kappa shape index (κ1) is 22.8. The van der Waals surface area contributed by atoms with Gasteiger partial charge >= 0.3 is 6.03 Å². The van der Waals surface area contributed by atoms with E-state index in [1.807, 2.05) is 0 Å². The van der Waals surface area contributed by atoms with Gasteiger partial charge in [-0.15, -0.1) is 0 Å². The van der Waals surface area contributed by atoms with Gasteiger partial charge < -0.3 is 20.1 Å². The number of hydrogen-bond donors (Lipinski definition) is 2. The number of nitrogens with one attached hydrogen (secondary N) is 2. The summed E-state index contributed by atoms with van der Waals surface area (Å²) in [5, 5.41) is 16.2. The number of ether oxygens (including phenoxy) is 2. The summed E-state index contributed by atoms with van der Waals surface area (Å²) < 4.78 is 10.3. The first-order valence-electron chi connectivity index (χ1n) is 9.21. The Kier molecular flexibility index (Phi) is 6.21. The Balaban J connectivity index is 1.77. The summed E-state index contributed by atoms with van der Waals surface area (Å²) in [6.45, 7) is 0.888. The fourth-order valence-corrected chi connectivity index (χ4v) is 3.48. The van der Waals surface area contributed by atoms with Gasteiger partial charge in [-0.25, -0.2) is 4.79 Å². The number of non-ortho nitro benzene ring substituents is 1. The summed E-state index contributed by atoms with van der Waals surface area (Å²) in [4.78, 5) is 49.0. The average molecular weight is 463 g/mol. The third-order valence-electron chi connectivity index (χ3n) is 4.98. The molecule has 4 amide bonds. The Morgan fingerprint density at radius 1 is 1.19 bits per heavy atom. The molecular formula is C20H19ClN4O7. The highest BCUT2D eigenvalue weighted by Crippen LogP contribution is 2.36. The number of rotatable bonds is 7. The highest BCUT2D eigenvalue weighted by atomic mass is 35.5. The molecule has 1 atom stereocenters. The largest absolute Gasteiger partial charge is 0.495 e. The maximum atomic E-state index is 13.0. The van der Waals surface area contributed by atoms with Gasteiger partial charge in [0.2, 0.25) is 5.91 Å². The van der Waals surface area contributed by atoms with Crippen molar-refractivity contribution >= 4 is 40.8 Å². The van der Waals surface area contributed by atoms with E-state index in [9.17, 15) is 24.5 Å². The van der Waals surface area contributed by atoms with Crippen LogP contribution in [0.1, 0.15) is 12.5 Å². The van der Waals surface area contributed by atoms with E-state index in [4.69, 9.17) is 21.1 Å². The van der Waals surface area contributed by atoms with E-state index in [0.29, 0.717) is 11.3 Å². The molecule has 1 aliphatic rings. The number of nitro benzene ring substituents is 1. The zero-order valence-corrected chi connectivity index (χ0v) is 18.1. The van der Waals surface area contributed by atoms with Crippen molar-refractivity contribution in [3.63, 3.8) is 0 Å². The lowest BCUT2D eigenvalue weighted by molar-refractivity contribution is -0.384. The Morgan fingerprint density at radius 2 is 1.81 bits per heavy atom. The van der Waals surface area contributed by atoms with Gasteiger partial charge in [0.25, 0.3) is 11.6 Å². The van der Waals surface area contributed by atoms with Gasteiger partial charge in [-0.3, -0.25) is 24.6 Å². The summed E-state index contributed by atoms with van der Waals surface area (Å²) in [5.74, 6) is -0.728. The number of methoxy groups -OCH3 is 2. The van der Waals surface area contributed by atoms with Gasteiger partial charge in [0, 0.05) is 18.2 Å². The van der Waals surface area contributed by atoms with Crippen molar-refractivity contribution in [3.05, 3.63) is 57.1 Å². The highest BCUT2D eigenvalue weighted by Gasteiger charge is 2.49. The molecule has 1 saturated heterocycles. The lowest BCUT2D eigenvalue weighted by Gasteiger charge is -2.22. The maximum Gasteiger partial charge on any atom is 0.325 e.